The van der Waals surface area contributed by atoms with E-state index in [4.69, 9.17) is 9.47 Å². The summed E-state index contributed by atoms with van der Waals surface area (Å²) >= 11 is 1.37. The first-order chi connectivity index (χ1) is 12.4. The molecular formula is C19H28N2O5S. The van der Waals surface area contributed by atoms with Crippen LogP contribution >= 0.6 is 11.8 Å². The minimum atomic E-state index is -1.94. The van der Waals surface area contributed by atoms with Crippen molar-refractivity contribution in [3.05, 3.63) is 0 Å². The zero-order chi connectivity index (χ0) is 20.7. The van der Waals surface area contributed by atoms with Gasteiger partial charge in [0.2, 0.25) is 5.91 Å². The monoisotopic (exact) mass is 396 g/mol. The van der Waals surface area contributed by atoms with Crippen molar-refractivity contribution < 1.29 is 23.9 Å². The SMILES string of the molecule is COC(=O)C1C(=O)NC2(SCC1(C#N)C(=O)OC)C(C)(C)CCCC2(C)C. The highest BCUT2D eigenvalue weighted by atomic mass is 32.2. The van der Waals surface area contributed by atoms with Gasteiger partial charge in [-0.1, -0.05) is 34.1 Å². The first-order valence-electron chi connectivity index (χ1n) is 8.98. The molecule has 27 heavy (non-hydrogen) atoms. The molecule has 8 heteroatoms. The molecule has 7 nitrogen and oxygen atoms in total. The maximum atomic E-state index is 13.3. The lowest BCUT2D eigenvalue weighted by Crippen LogP contribution is -2.66. The van der Waals surface area contributed by atoms with E-state index >= 15 is 0 Å². The molecule has 150 valence electrons. The largest absolute Gasteiger partial charge is 0.468 e. The van der Waals surface area contributed by atoms with Crippen molar-refractivity contribution in [2.45, 2.75) is 51.8 Å². The quantitative estimate of drug-likeness (QED) is 0.564. The predicted molar refractivity (Wildman–Crippen MR) is 100 cm³/mol. The Morgan fingerprint density at radius 3 is 2.15 bits per heavy atom. The zero-order valence-corrected chi connectivity index (χ0v) is 17.6. The number of rotatable bonds is 2. The first-order valence-corrected chi connectivity index (χ1v) is 9.97. The summed E-state index contributed by atoms with van der Waals surface area (Å²) in [6.07, 6.45) is 2.77. The molecule has 1 saturated carbocycles. The van der Waals surface area contributed by atoms with E-state index in [1.165, 1.54) is 11.8 Å². The van der Waals surface area contributed by atoms with Gasteiger partial charge in [0.25, 0.3) is 0 Å². The van der Waals surface area contributed by atoms with E-state index in [9.17, 15) is 19.6 Å². The van der Waals surface area contributed by atoms with Crippen LogP contribution in [0, 0.1) is 33.5 Å². The molecule has 2 unspecified atom stereocenters. The van der Waals surface area contributed by atoms with Crippen molar-refractivity contribution in [1.29, 1.82) is 5.26 Å². The predicted octanol–water partition coefficient (Wildman–Crippen LogP) is 2.25. The molecule has 2 fully saturated rings. The second kappa shape index (κ2) is 7.01. The lowest BCUT2D eigenvalue weighted by atomic mass is 9.60. The molecule has 1 saturated heterocycles. The number of nitrogens with zero attached hydrogens (tertiary/aromatic N) is 1. The number of nitrogens with one attached hydrogen (secondary N) is 1. The number of thioether (sulfide) groups is 1. The Hall–Kier alpha value is -1.75. The summed E-state index contributed by atoms with van der Waals surface area (Å²) in [7, 11) is 2.28. The fraction of sp³-hybridized carbons (Fsp3) is 0.789. The third-order valence-corrected chi connectivity index (χ3v) is 8.51. The molecule has 1 N–H and O–H groups in total. The minimum Gasteiger partial charge on any atom is -0.468 e. The molecule has 0 aromatic heterocycles. The summed E-state index contributed by atoms with van der Waals surface area (Å²) in [4.78, 5) is 37.6. The Labute approximate surface area is 164 Å². The summed E-state index contributed by atoms with van der Waals surface area (Å²) in [5.41, 5.74) is -2.56. The van der Waals surface area contributed by atoms with Crippen LogP contribution in [0.4, 0.5) is 0 Å². The fourth-order valence-corrected chi connectivity index (χ4v) is 6.66. The van der Waals surface area contributed by atoms with Gasteiger partial charge < -0.3 is 14.8 Å². The van der Waals surface area contributed by atoms with Gasteiger partial charge in [0.1, 0.15) is 0 Å². The lowest BCUT2D eigenvalue weighted by Gasteiger charge is -2.59. The summed E-state index contributed by atoms with van der Waals surface area (Å²) < 4.78 is 9.61. The number of methoxy groups -OCH3 is 2. The van der Waals surface area contributed by atoms with Gasteiger partial charge in [-0.05, 0) is 23.7 Å². The Morgan fingerprint density at radius 2 is 1.70 bits per heavy atom. The molecule has 0 bridgehead atoms. The topological polar surface area (TPSA) is 105 Å². The third kappa shape index (κ3) is 3.00. The average molecular weight is 397 g/mol. The van der Waals surface area contributed by atoms with Gasteiger partial charge in [-0.25, -0.2) is 0 Å². The molecule has 1 aliphatic heterocycles. The lowest BCUT2D eigenvalue weighted by molar-refractivity contribution is -0.165. The molecule has 0 aromatic carbocycles. The number of carbonyl (C=O) groups excluding carboxylic acids is 3. The van der Waals surface area contributed by atoms with Crippen LogP contribution in [0.2, 0.25) is 0 Å². The van der Waals surface area contributed by atoms with Crippen LogP contribution in [0.5, 0.6) is 0 Å². The van der Waals surface area contributed by atoms with Crippen LogP contribution in [-0.2, 0) is 23.9 Å². The zero-order valence-electron chi connectivity index (χ0n) is 16.8. The number of hydrogen-bond acceptors (Lipinski definition) is 7. The van der Waals surface area contributed by atoms with Crippen molar-refractivity contribution in [2.24, 2.45) is 22.2 Å². The molecule has 0 aromatic rings. The van der Waals surface area contributed by atoms with E-state index in [0.29, 0.717) is 0 Å². The van der Waals surface area contributed by atoms with Gasteiger partial charge in [0.15, 0.2) is 11.3 Å². The Bertz CT molecular complexity index is 681. The number of amides is 1. The Morgan fingerprint density at radius 1 is 1.15 bits per heavy atom. The number of carbonyl (C=O) groups is 3. The van der Waals surface area contributed by atoms with E-state index in [2.05, 4.69) is 33.0 Å². The van der Waals surface area contributed by atoms with Gasteiger partial charge in [-0.2, -0.15) is 5.26 Å². The summed E-state index contributed by atoms with van der Waals surface area (Å²) in [5, 5.41) is 13.0. The first kappa shape index (κ1) is 21.5. The van der Waals surface area contributed by atoms with Gasteiger partial charge in [-0.3, -0.25) is 14.4 Å². The molecular weight excluding hydrogens is 368 g/mol. The summed E-state index contributed by atoms with van der Waals surface area (Å²) in [6.45, 7) is 8.30. The van der Waals surface area contributed by atoms with Gasteiger partial charge in [0, 0.05) is 5.75 Å². The maximum Gasteiger partial charge on any atom is 0.328 e. The van der Waals surface area contributed by atoms with Crippen LogP contribution in [0.25, 0.3) is 0 Å². The normalized spacial score (nSPS) is 31.1. The molecule has 0 radical (unpaired) electrons. The van der Waals surface area contributed by atoms with Crippen molar-refractivity contribution in [1.82, 2.24) is 5.32 Å². The molecule has 1 aliphatic carbocycles. The van der Waals surface area contributed by atoms with Crippen molar-refractivity contribution in [3.8, 4) is 6.07 Å². The average Bonchev–Trinajstić information content (AvgIpc) is 2.74. The standard InChI is InChI=1S/C19H28N2O5S/c1-16(2)8-7-9-17(3,4)19(16)21-13(22)12(14(23)25-5)18(10-20,11-27-19)15(24)26-6/h12H,7-9,11H2,1-6H3,(H,21,22). The van der Waals surface area contributed by atoms with Crippen molar-refractivity contribution in [2.75, 3.05) is 20.0 Å². The molecule has 2 rings (SSSR count). The maximum absolute atomic E-state index is 13.3. The van der Waals surface area contributed by atoms with Crippen molar-refractivity contribution in [3.63, 3.8) is 0 Å². The Balaban J connectivity index is 2.69. The van der Waals surface area contributed by atoms with Gasteiger partial charge in [-0.15, -0.1) is 11.8 Å². The highest BCUT2D eigenvalue weighted by Gasteiger charge is 2.66. The van der Waals surface area contributed by atoms with Gasteiger partial charge in [0.05, 0.1) is 25.2 Å². The summed E-state index contributed by atoms with van der Waals surface area (Å²) in [6, 6.07) is 1.92. The van der Waals surface area contributed by atoms with Crippen molar-refractivity contribution >= 4 is 29.6 Å². The second-order valence-electron chi connectivity index (χ2n) is 8.61. The van der Waals surface area contributed by atoms with E-state index in [1.54, 1.807) is 0 Å². The van der Waals surface area contributed by atoms with Crippen LogP contribution in [0.1, 0.15) is 47.0 Å². The third-order valence-electron chi connectivity index (χ3n) is 6.27. The number of esters is 2. The smallest absolute Gasteiger partial charge is 0.328 e. The molecule has 1 heterocycles. The minimum absolute atomic E-state index is 0.0401. The highest BCUT2D eigenvalue weighted by molar-refractivity contribution is 8.00. The number of ether oxygens (including phenoxy) is 2. The van der Waals surface area contributed by atoms with E-state index in [1.807, 2.05) is 6.07 Å². The van der Waals surface area contributed by atoms with Gasteiger partial charge >= 0.3 is 11.9 Å². The highest BCUT2D eigenvalue weighted by Crippen LogP contribution is 2.61. The fourth-order valence-electron chi connectivity index (χ4n) is 4.71. The molecule has 1 spiro atoms. The number of nitriles is 1. The van der Waals surface area contributed by atoms with Crippen LogP contribution in [-0.4, -0.2) is 42.7 Å². The second-order valence-corrected chi connectivity index (χ2v) is 9.80. The van der Waals surface area contributed by atoms with E-state index in [-0.39, 0.29) is 16.6 Å². The molecule has 2 aliphatic rings. The number of hydrogen-bond donors (Lipinski definition) is 1. The summed E-state index contributed by atoms with van der Waals surface area (Å²) in [5.74, 6) is -4.10. The van der Waals surface area contributed by atoms with E-state index in [0.717, 1.165) is 33.5 Å². The Kier molecular flexibility index (Phi) is 5.59. The van der Waals surface area contributed by atoms with Crippen LogP contribution < -0.4 is 5.32 Å². The molecule has 2 atom stereocenters. The molecule has 1 amide bonds. The van der Waals surface area contributed by atoms with E-state index < -0.39 is 34.0 Å². The van der Waals surface area contributed by atoms with Crippen LogP contribution in [0.15, 0.2) is 0 Å². The van der Waals surface area contributed by atoms with Crippen LogP contribution in [0.3, 0.4) is 0 Å².